The van der Waals surface area contributed by atoms with Crippen molar-refractivity contribution >= 4 is 18.3 Å². The van der Waals surface area contributed by atoms with Gasteiger partial charge in [-0.3, -0.25) is 9.48 Å². The molecule has 22 heavy (non-hydrogen) atoms. The molecule has 2 atom stereocenters. The number of nitrogens with two attached hydrogens (primary N) is 1. The van der Waals surface area contributed by atoms with Gasteiger partial charge in [0.15, 0.2) is 5.69 Å². The third-order valence-electron chi connectivity index (χ3n) is 4.19. The molecule has 2 aromatic rings. The lowest BCUT2D eigenvalue weighted by Crippen LogP contribution is -2.32. The molecule has 0 aliphatic carbocycles. The van der Waals surface area contributed by atoms with E-state index in [0.717, 1.165) is 5.69 Å². The van der Waals surface area contributed by atoms with Crippen LogP contribution in [0.1, 0.15) is 27.7 Å². The van der Waals surface area contributed by atoms with Gasteiger partial charge in [0.1, 0.15) is 0 Å². The second-order valence-corrected chi connectivity index (χ2v) is 5.54. The van der Waals surface area contributed by atoms with E-state index in [1.54, 1.807) is 16.6 Å². The molecule has 1 aliphatic heterocycles. The van der Waals surface area contributed by atoms with E-state index in [1.165, 1.54) is 5.56 Å². The average Bonchev–Trinajstić information content (AvgIpc) is 3.04. The number of hydrogen-bond acceptors (Lipinski definition) is 4. The number of benzene rings is 1. The third-order valence-corrected chi connectivity index (χ3v) is 4.19. The van der Waals surface area contributed by atoms with Gasteiger partial charge in [-0.2, -0.15) is 0 Å². The maximum absolute atomic E-state index is 12.6. The standard InChI is InChI=1S/C15H19N5O.ClH/c1-10-14(17-18-19(10)2)15(21)20-8-12(13(16)9-20)11-6-4-3-5-7-11;/h3-7,12-13H,8-9,16H2,1-2H3;1H/t12-,13+;/m0./s1. The highest BCUT2D eigenvalue weighted by molar-refractivity contribution is 5.93. The molecule has 1 aliphatic rings. The van der Waals surface area contributed by atoms with E-state index in [9.17, 15) is 4.79 Å². The Morgan fingerprint density at radius 3 is 2.55 bits per heavy atom. The molecule has 3 rings (SSSR count). The van der Waals surface area contributed by atoms with E-state index in [1.807, 2.05) is 25.1 Å². The van der Waals surface area contributed by atoms with Gasteiger partial charge < -0.3 is 10.6 Å². The molecule has 118 valence electrons. The number of hydrogen-bond donors (Lipinski definition) is 1. The summed E-state index contributed by atoms with van der Waals surface area (Å²) in [5.41, 5.74) is 8.59. The number of aryl methyl sites for hydroxylation is 1. The summed E-state index contributed by atoms with van der Waals surface area (Å²) < 4.78 is 1.61. The van der Waals surface area contributed by atoms with Crippen molar-refractivity contribution in [1.29, 1.82) is 0 Å². The molecule has 1 aromatic carbocycles. The van der Waals surface area contributed by atoms with Crippen molar-refractivity contribution < 1.29 is 4.79 Å². The van der Waals surface area contributed by atoms with E-state index in [0.29, 0.717) is 18.8 Å². The second kappa shape index (κ2) is 6.46. The van der Waals surface area contributed by atoms with Crippen LogP contribution in [-0.2, 0) is 7.05 Å². The average molecular weight is 322 g/mol. The van der Waals surface area contributed by atoms with Crippen molar-refractivity contribution in [1.82, 2.24) is 19.9 Å². The van der Waals surface area contributed by atoms with Gasteiger partial charge in [0, 0.05) is 32.1 Å². The molecule has 1 saturated heterocycles. The fourth-order valence-corrected chi connectivity index (χ4v) is 2.80. The number of carbonyl (C=O) groups is 1. The molecule has 7 heteroatoms. The van der Waals surface area contributed by atoms with Crippen molar-refractivity contribution in [2.24, 2.45) is 12.8 Å². The van der Waals surface area contributed by atoms with Gasteiger partial charge in [-0.25, -0.2) is 0 Å². The number of aromatic nitrogens is 3. The Morgan fingerprint density at radius 1 is 1.27 bits per heavy atom. The molecule has 1 aromatic heterocycles. The Hall–Kier alpha value is -1.92. The summed E-state index contributed by atoms with van der Waals surface area (Å²) in [6.07, 6.45) is 0. The van der Waals surface area contributed by atoms with E-state index in [4.69, 9.17) is 5.73 Å². The quantitative estimate of drug-likeness (QED) is 0.899. The molecule has 1 fully saturated rings. The highest BCUT2D eigenvalue weighted by Crippen LogP contribution is 2.27. The topological polar surface area (TPSA) is 77.0 Å². The van der Waals surface area contributed by atoms with Gasteiger partial charge in [-0.1, -0.05) is 35.5 Å². The SMILES string of the molecule is Cc1c(C(=O)N2C[C@@H](N)[C@H](c3ccccc3)C2)nnn1C.Cl. The van der Waals surface area contributed by atoms with Crippen molar-refractivity contribution in [2.75, 3.05) is 13.1 Å². The molecule has 0 saturated carbocycles. The van der Waals surface area contributed by atoms with Crippen LogP contribution in [0.4, 0.5) is 0 Å². The van der Waals surface area contributed by atoms with E-state index < -0.39 is 0 Å². The van der Waals surface area contributed by atoms with Crippen LogP contribution >= 0.6 is 12.4 Å². The maximum Gasteiger partial charge on any atom is 0.276 e. The molecular formula is C15H20ClN5O. The molecule has 2 heterocycles. The van der Waals surface area contributed by atoms with Gasteiger partial charge in [0.05, 0.1) is 5.69 Å². The minimum Gasteiger partial charge on any atom is -0.335 e. The lowest BCUT2D eigenvalue weighted by molar-refractivity contribution is 0.0782. The first-order valence-electron chi connectivity index (χ1n) is 7.04. The Morgan fingerprint density at radius 2 is 1.95 bits per heavy atom. The van der Waals surface area contributed by atoms with Crippen LogP contribution in [0.3, 0.4) is 0 Å². The number of carbonyl (C=O) groups excluding carboxylic acids is 1. The maximum atomic E-state index is 12.6. The fourth-order valence-electron chi connectivity index (χ4n) is 2.80. The molecule has 6 nitrogen and oxygen atoms in total. The molecule has 2 N–H and O–H groups in total. The first kappa shape index (κ1) is 16.5. The second-order valence-electron chi connectivity index (χ2n) is 5.54. The Kier molecular flexibility index (Phi) is 4.83. The summed E-state index contributed by atoms with van der Waals surface area (Å²) in [6, 6.07) is 10.1. The zero-order valence-electron chi connectivity index (χ0n) is 12.6. The summed E-state index contributed by atoms with van der Waals surface area (Å²) >= 11 is 0. The zero-order chi connectivity index (χ0) is 15.0. The lowest BCUT2D eigenvalue weighted by Gasteiger charge is -2.15. The molecular weight excluding hydrogens is 302 g/mol. The number of rotatable bonds is 2. The van der Waals surface area contributed by atoms with Gasteiger partial charge in [-0.05, 0) is 12.5 Å². The van der Waals surface area contributed by atoms with Crippen LogP contribution in [0.2, 0.25) is 0 Å². The van der Waals surface area contributed by atoms with Gasteiger partial charge in [0.2, 0.25) is 0 Å². The normalized spacial score (nSPS) is 20.8. The van der Waals surface area contributed by atoms with Crippen LogP contribution in [0.15, 0.2) is 30.3 Å². The summed E-state index contributed by atoms with van der Waals surface area (Å²) in [5.74, 6) is 0.0848. The molecule has 0 bridgehead atoms. The summed E-state index contributed by atoms with van der Waals surface area (Å²) in [5, 5.41) is 7.86. The largest absolute Gasteiger partial charge is 0.335 e. The number of halogens is 1. The predicted octanol–water partition coefficient (Wildman–Crippen LogP) is 1.11. The van der Waals surface area contributed by atoms with Crippen LogP contribution in [0.25, 0.3) is 0 Å². The van der Waals surface area contributed by atoms with E-state index >= 15 is 0 Å². The summed E-state index contributed by atoms with van der Waals surface area (Å²) in [4.78, 5) is 14.3. The minimum absolute atomic E-state index is 0. The monoisotopic (exact) mass is 321 g/mol. The fraction of sp³-hybridized carbons (Fsp3) is 0.400. The number of likely N-dealkylation sites (tertiary alicyclic amines) is 1. The first-order chi connectivity index (χ1) is 10.1. The molecule has 0 radical (unpaired) electrons. The smallest absolute Gasteiger partial charge is 0.276 e. The van der Waals surface area contributed by atoms with Crippen LogP contribution in [0.5, 0.6) is 0 Å². The molecule has 1 amide bonds. The van der Waals surface area contributed by atoms with Gasteiger partial charge >= 0.3 is 0 Å². The van der Waals surface area contributed by atoms with Crippen LogP contribution in [0, 0.1) is 6.92 Å². The third kappa shape index (κ3) is 2.84. The highest BCUT2D eigenvalue weighted by Gasteiger charge is 2.35. The van der Waals surface area contributed by atoms with E-state index in [-0.39, 0.29) is 30.3 Å². The van der Waals surface area contributed by atoms with Crippen molar-refractivity contribution in [3.05, 3.63) is 47.3 Å². The Bertz CT molecular complexity index is 657. The lowest BCUT2D eigenvalue weighted by atomic mass is 9.95. The van der Waals surface area contributed by atoms with Crippen molar-refractivity contribution in [2.45, 2.75) is 18.9 Å². The molecule has 0 unspecified atom stereocenters. The Labute approximate surface area is 135 Å². The van der Waals surface area contributed by atoms with E-state index in [2.05, 4.69) is 22.4 Å². The summed E-state index contributed by atoms with van der Waals surface area (Å²) in [7, 11) is 1.78. The summed E-state index contributed by atoms with van der Waals surface area (Å²) in [6.45, 7) is 3.02. The Balaban J connectivity index is 0.00000176. The number of amides is 1. The van der Waals surface area contributed by atoms with Crippen LogP contribution < -0.4 is 5.73 Å². The van der Waals surface area contributed by atoms with Crippen LogP contribution in [-0.4, -0.2) is 44.9 Å². The highest BCUT2D eigenvalue weighted by atomic mass is 35.5. The van der Waals surface area contributed by atoms with Crippen molar-refractivity contribution in [3.63, 3.8) is 0 Å². The molecule has 0 spiro atoms. The minimum atomic E-state index is -0.0884. The number of nitrogens with zero attached hydrogens (tertiary/aromatic N) is 4. The van der Waals surface area contributed by atoms with Gasteiger partial charge in [0.25, 0.3) is 5.91 Å². The van der Waals surface area contributed by atoms with Gasteiger partial charge in [-0.15, -0.1) is 17.5 Å². The predicted molar refractivity (Wildman–Crippen MR) is 86.0 cm³/mol. The van der Waals surface area contributed by atoms with Crippen molar-refractivity contribution in [3.8, 4) is 0 Å². The zero-order valence-corrected chi connectivity index (χ0v) is 13.5. The first-order valence-corrected chi connectivity index (χ1v) is 7.04.